The standard InChI is InChI=1S/C15H21N3O3/c16-10-15(6-2-1-3-7-15)14(21)18-12-5-4-11(17-9-12)8-13(19)20/h4-5,9H,1-3,6-8,10,16H2,(H,18,21)(H,19,20). The topological polar surface area (TPSA) is 105 Å². The number of amides is 1. The SMILES string of the molecule is NCC1(C(=O)Nc2ccc(CC(=O)O)nc2)CCCCC1. The summed E-state index contributed by atoms with van der Waals surface area (Å²) in [6.45, 7) is 0.351. The van der Waals surface area contributed by atoms with Crippen molar-refractivity contribution in [1.82, 2.24) is 4.98 Å². The van der Waals surface area contributed by atoms with Crippen LogP contribution in [0.15, 0.2) is 18.3 Å². The number of nitrogens with zero attached hydrogens (tertiary/aromatic N) is 1. The van der Waals surface area contributed by atoms with Crippen LogP contribution in [0.5, 0.6) is 0 Å². The van der Waals surface area contributed by atoms with Gasteiger partial charge >= 0.3 is 5.97 Å². The molecule has 4 N–H and O–H groups in total. The van der Waals surface area contributed by atoms with E-state index in [1.54, 1.807) is 12.1 Å². The Balaban J connectivity index is 2.03. The van der Waals surface area contributed by atoms with E-state index in [-0.39, 0.29) is 12.3 Å². The molecule has 1 aromatic heterocycles. The summed E-state index contributed by atoms with van der Waals surface area (Å²) < 4.78 is 0. The van der Waals surface area contributed by atoms with Crippen LogP contribution in [0.1, 0.15) is 37.8 Å². The molecule has 0 atom stereocenters. The summed E-state index contributed by atoms with van der Waals surface area (Å²) in [6, 6.07) is 3.29. The molecule has 1 amide bonds. The smallest absolute Gasteiger partial charge is 0.309 e. The van der Waals surface area contributed by atoms with E-state index in [0.29, 0.717) is 17.9 Å². The molecule has 0 unspecified atom stereocenters. The maximum absolute atomic E-state index is 12.5. The van der Waals surface area contributed by atoms with Crippen LogP contribution in [0.3, 0.4) is 0 Å². The average Bonchev–Trinajstić information content (AvgIpc) is 2.49. The fraction of sp³-hybridized carbons (Fsp3) is 0.533. The van der Waals surface area contributed by atoms with Gasteiger partial charge < -0.3 is 16.2 Å². The number of carbonyl (C=O) groups excluding carboxylic acids is 1. The van der Waals surface area contributed by atoms with Gasteiger partial charge in [-0.3, -0.25) is 14.6 Å². The van der Waals surface area contributed by atoms with E-state index in [0.717, 1.165) is 32.1 Å². The number of nitrogens with one attached hydrogen (secondary N) is 1. The molecule has 0 radical (unpaired) electrons. The zero-order valence-electron chi connectivity index (χ0n) is 12.0. The highest BCUT2D eigenvalue weighted by atomic mass is 16.4. The molecule has 114 valence electrons. The Morgan fingerprint density at radius 2 is 2.00 bits per heavy atom. The zero-order valence-corrected chi connectivity index (χ0v) is 12.0. The molecular weight excluding hydrogens is 270 g/mol. The molecule has 6 heteroatoms. The molecule has 0 bridgehead atoms. The molecule has 21 heavy (non-hydrogen) atoms. The van der Waals surface area contributed by atoms with E-state index < -0.39 is 11.4 Å². The number of hydrogen-bond donors (Lipinski definition) is 3. The second kappa shape index (κ2) is 6.67. The van der Waals surface area contributed by atoms with Crippen LogP contribution in [0, 0.1) is 5.41 Å². The van der Waals surface area contributed by atoms with E-state index in [9.17, 15) is 9.59 Å². The minimum atomic E-state index is -0.927. The number of aromatic nitrogens is 1. The Kier molecular flexibility index (Phi) is 4.90. The number of hydrogen-bond acceptors (Lipinski definition) is 4. The lowest BCUT2D eigenvalue weighted by Crippen LogP contribution is -2.43. The number of aliphatic carboxylic acids is 1. The minimum Gasteiger partial charge on any atom is -0.481 e. The van der Waals surface area contributed by atoms with Gasteiger partial charge in [0.25, 0.3) is 0 Å². The van der Waals surface area contributed by atoms with E-state index in [1.165, 1.54) is 6.20 Å². The molecule has 1 aromatic rings. The summed E-state index contributed by atoms with van der Waals surface area (Å²) in [5.74, 6) is -0.985. The number of anilines is 1. The number of carboxylic acids is 1. The van der Waals surface area contributed by atoms with Crippen LogP contribution < -0.4 is 11.1 Å². The summed E-state index contributed by atoms with van der Waals surface area (Å²) >= 11 is 0. The van der Waals surface area contributed by atoms with Gasteiger partial charge in [-0.1, -0.05) is 19.3 Å². The second-order valence-corrected chi connectivity index (χ2v) is 5.61. The Bertz CT molecular complexity index is 507. The molecule has 2 rings (SSSR count). The van der Waals surface area contributed by atoms with Crippen molar-refractivity contribution in [2.45, 2.75) is 38.5 Å². The highest BCUT2D eigenvalue weighted by Gasteiger charge is 2.38. The van der Waals surface area contributed by atoms with Crippen molar-refractivity contribution in [3.05, 3.63) is 24.0 Å². The van der Waals surface area contributed by atoms with Crippen LogP contribution >= 0.6 is 0 Å². The highest BCUT2D eigenvalue weighted by Crippen LogP contribution is 2.36. The largest absolute Gasteiger partial charge is 0.481 e. The van der Waals surface area contributed by atoms with E-state index >= 15 is 0 Å². The Hall–Kier alpha value is -1.95. The van der Waals surface area contributed by atoms with Crippen molar-refractivity contribution in [3.8, 4) is 0 Å². The molecule has 1 aliphatic rings. The fourth-order valence-corrected chi connectivity index (χ4v) is 2.77. The fourth-order valence-electron chi connectivity index (χ4n) is 2.77. The first-order chi connectivity index (χ1) is 10.1. The summed E-state index contributed by atoms with van der Waals surface area (Å²) in [5, 5.41) is 11.5. The molecule has 1 saturated carbocycles. The van der Waals surface area contributed by atoms with Crippen molar-refractivity contribution >= 4 is 17.6 Å². The Morgan fingerprint density at radius 3 is 2.52 bits per heavy atom. The van der Waals surface area contributed by atoms with Gasteiger partial charge in [-0.05, 0) is 25.0 Å². The lowest BCUT2D eigenvalue weighted by molar-refractivity contribution is -0.136. The van der Waals surface area contributed by atoms with Crippen molar-refractivity contribution in [2.75, 3.05) is 11.9 Å². The van der Waals surface area contributed by atoms with Crippen LogP contribution in [-0.2, 0) is 16.0 Å². The monoisotopic (exact) mass is 291 g/mol. The summed E-state index contributed by atoms with van der Waals surface area (Å²) in [7, 11) is 0. The highest BCUT2D eigenvalue weighted by molar-refractivity contribution is 5.95. The molecule has 0 spiro atoms. The van der Waals surface area contributed by atoms with E-state index in [2.05, 4.69) is 10.3 Å². The molecule has 1 aliphatic carbocycles. The third-order valence-corrected chi connectivity index (χ3v) is 4.10. The number of carboxylic acid groups (broad SMARTS) is 1. The lowest BCUT2D eigenvalue weighted by Gasteiger charge is -2.34. The summed E-state index contributed by atoms with van der Waals surface area (Å²) in [5.41, 5.74) is 6.40. The minimum absolute atomic E-state index is 0.0579. The van der Waals surface area contributed by atoms with Crippen molar-refractivity contribution in [1.29, 1.82) is 0 Å². The molecule has 1 heterocycles. The van der Waals surface area contributed by atoms with Gasteiger partial charge in [-0.25, -0.2) is 0 Å². The summed E-state index contributed by atoms with van der Waals surface area (Å²) in [4.78, 5) is 27.1. The predicted octanol–water partition coefficient (Wildman–Crippen LogP) is 1.56. The zero-order chi connectivity index (χ0) is 15.3. The van der Waals surface area contributed by atoms with E-state index in [1.807, 2.05) is 0 Å². The first-order valence-electron chi connectivity index (χ1n) is 7.24. The second-order valence-electron chi connectivity index (χ2n) is 5.61. The average molecular weight is 291 g/mol. The summed E-state index contributed by atoms with van der Waals surface area (Å²) in [6.07, 6.45) is 6.21. The number of carbonyl (C=O) groups is 2. The van der Waals surface area contributed by atoms with Crippen LogP contribution in [0.25, 0.3) is 0 Å². The first-order valence-corrected chi connectivity index (χ1v) is 7.24. The van der Waals surface area contributed by atoms with Crippen LogP contribution in [0.2, 0.25) is 0 Å². The molecular formula is C15H21N3O3. The quantitative estimate of drug-likeness (QED) is 0.763. The maximum atomic E-state index is 12.5. The third kappa shape index (κ3) is 3.78. The molecule has 6 nitrogen and oxygen atoms in total. The van der Waals surface area contributed by atoms with Crippen LogP contribution in [0.4, 0.5) is 5.69 Å². The van der Waals surface area contributed by atoms with Gasteiger partial charge in [0.2, 0.25) is 5.91 Å². The van der Waals surface area contributed by atoms with Crippen molar-refractivity contribution < 1.29 is 14.7 Å². The van der Waals surface area contributed by atoms with Gasteiger partial charge in [0.1, 0.15) is 0 Å². The Labute approximate surface area is 123 Å². The molecule has 0 saturated heterocycles. The number of rotatable bonds is 5. The van der Waals surface area contributed by atoms with Gasteiger partial charge in [0.15, 0.2) is 0 Å². The Morgan fingerprint density at radius 1 is 1.29 bits per heavy atom. The van der Waals surface area contributed by atoms with Gasteiger partial charge in [-0.2, -0.15) is 0 Å². The van der Waals surface area contributed by atoms with Crippen LogP contribution in [-0.4, -0.2) is 28.5 Å². The lowest BCUT2D eigenvalue weighted by atomic mass is 9.73. The third-order valence-electron chi connectivity index (χ3n) is 4.10. The van der Waals surface area contributed by atoms with E-state index in [4.69, 9.17) is 10.8 Å². The number of pyridine rings is 1. The van der Waals surface area contributed by atoms with Crippen molar-refractivity contribution in [3.63, 3.8) is 0 Å². The van der Waals surface area contributed by atoms with Gasteiger partial charge in [0, 0.05) is 6.54 Å². The number of nitrogens with two attached hydrogens (primary N) is 1. The molecule has 0 aliphatic heterocycles. The normalized spacial score (nSPS) is 17.2. The maximum Gasteiger partial charge on any atom is 0.309 e. The van der Waals surface area contributed by atoms with Gasteiger partial charge in [0.05, 0.1) is 29.4 Å². The predicted molar refractivity (Wildman–Crippen MR) is 78.8 cm³/mol. The van der Waals surface area contributed by atoms with Gasteiger partial charge in [-0.15, -0.1) is 0 Å². The van der Waals surface area contributed by atoms with Crippen molar-refractivity contribution in [2.24, 2.45) is 11.1 Å². The first kappa shape index (κ1) is 15.4. The molecule has 0 aromatic carbocycles. The molecule has 1 fully saturated rings.